The van der Waals surface area contributed by atoms with Crippen LogP contribution in [0.25, 0.3) is 10.8 Å². The molecule has 2 amide bonds. The lowest BCUT2D eigenvalue weighted by atomic mass is 9.41. The molecular formula is C37H54N2O5S. The zero-order valence-corrected chi connectivity index (χ0v) is 28.4. The molecule has 8 heteroatoms. The Labute approximate surface area is 270 Å². The van der Waals surface area contributed by atoms with Gasteiger partial charge in [0.05, 0.1) is 17.1 Å². The Balaban J connectivity index is 1.04. The molecule has 4 fully saturated rings. The smallest absolute Gasteiger partial charge is 0.328 e. The van der Waals surface area contributed by atoms with Gasteiger partial charge in [-0.2, -0.15) is 0 Å². The monoisotopic (exact) mass is 638 g/mol. The third-order valence-electron chi connectivity index (χ3n) is 13.5. The molecule has 4 aliphatic carbocycles. The fraction of sp³-hybridized carbons (Fsp3) is 0.703. The number of sulfonamides is 1. The molecule has 0 saturated heterocycles. The van der Waals surface area contributed by atoms with Crippen LogP contribution in [0.4, 0.5) is 4.79 Å². The van der Waals surface area contributed by atoms with E-state index >= 15 is 0 Å². The summed E-state index contributed by atoms with van der Waals surface area (Å²) in [6.07, 6.45) is 9.79. The van der Waals surface area contributed by atoms with Crippen LogP contribution >= 0.6 is 0 Å². The van der Waals surface area contributed by atoms with Crippen LogP contribution in [0.1, 0.15) is 91.9 Å². The average molecular weight is 639 g/mol. The minimum absolute atomic E-state index is 0.0719. The van der Waals surface area contributed by atoms with E-state index in [2.05, 4.69) is 37.7 Å². The molecule has 248 valence electrons. The van der Waals surface area contributed by atoms with Gasteiger partial charge in [0.1, 0.15) is 0 Å². The van der Waals surface area contributed by atoms with Crippen molar-refractivity contribution in [2.24, 2.45) is 52.3 Å². The molecule has 0 bridgehead atoms. The van der Waals surface area contributed by atoms with Crippen LogP contribution in [0.2, 0.25) is 0 Å². The van der Waals surface area contributed by atoms with Crippen LogP contribution in [-0.4, -0.2) is 43.4 Å². The predicted octanol–water partition coefficient (Wildman–Crippen LogP) is 6.87. The van der Waals surface area contributed by atoms with Crippen LogP contribution in [-0.2, 0) is 10.0 Å². The van der Waals surface area contributed by atoms with Gasteiger partial charge in [-0.1, -0.05) is 64.4 Å². The number of benzene rings is 2. The van der Waals surface area contributed by atoms with Crippen molar-refractivity contribution in [1.29, 1.82) is 0 Å². The van der Waals surface area contributed by atoms with E-state index < -0.39 is 16.1 Å². The van der Waals surface area contributed by atoms with Crippen molar-refractivity contribution >= 4 is 26.8 Å². The summed E-state index contributed by atoms with van der Waals surface area (Å²) in [6, 6.07) is 11.7. The lowest BCUT2D eigenvalue weighted by Crippen LogP contribution is -2.62. The molecule has 0 aliphatic heterocycles. The molecule has 4 N–H and O–H groups in total. The highest BCUT2D eigenvalue weighted by atomic mass is 32.2. The second kappa shape index (κ2) is 12.5. The van der Waals surface area contributed by atoms with Gasteiger partial charge in [0.25, 0.3) is 10.0 Å². The van der Waals surface area contributed by atoms with Crippen molar-refractivity contribution in [2.75, 3.05) is 6.54 Å². The molecule has 0 spiro atoms. The van der Waals surface area contributed by atoms with Gasteiger partial charge in [0.2, 0.25) is 0 Å². The van der Waals surface area contributed by atoms with Crippen LogP contribution in [0.3, 0.4) is 0 Å². The maximum atomic E-state index is 12.8. The number of aliphatic hydroxyl groups is 2. The van der Waals surface area contributed by atoms with Crippen LogP contribution in [0.5, 0.6) is 0 Å². The van der Waals surface area contributed by atoms with Crippen molar-refractivity contribution in [1.82, 2.24) is 10.0 Å². The Kier molecular flexibility index (Phi) is 9.07. The normalized spacial score (nSPS) is 38.5. The Morgan fingerprint density at radius 1 is 0.956 bits per heavy atom. The van der Waals surface area contributed by atoms with E-state index in [0.29, 0.717) is 42.1 Å². The molecule has 11 atom stereocenters. The molecule has 0 heterocycles. The first-order valence-electron chi connectivity index (χ1n) is 17.5. The number of amides is 2. The third-order valence-corrected chi connectivity index (χ3v) is 14.9. The highest BCUT2D eigenvalue weighted by Gasteiger charge is 2.64. The summed E-state index contributed by atoms with van der Waals surface area (Å²) in [5.41, 5.74) is 0.416. The van der Waals surface area contributed by atoms with E-state index in [1.807, 2.05) is 24.3 Å². The van der Waals surface area contributed by atoms with Crippen molar-refractivity contribution in [3.8, 4) is 0 Å². The summed E-state index contributed by atoms with van der Waals surface area (Å²) in [5.74, 6) is 3.16. The third kappa shape index (κ3) is 5.82. The number of hydrogen-bond donors (Lipinski definition) is 4. The molecule has 0 radical (unpaired) electrons. The maximum Gasteiger partial charge on any atom is 0.328 e. The minimum Gasteiger partial charge on any atom is -0.393 e. The van der Waals surface area contributed by atoms with E-state index in [0.717, 1.165) is 49.3 Å². The number of fused-ring (bicyclic) bond motifs is 6. The molecular weight excluding hydrogens is 584 g/mol. The quantitative estimate of drug-likeness (QED) is 0.236. The van der Waals surface area contributed by atoms with Gasteiger partial charge in [-0.05, 0) is 133 Å². The fourth-order valence-electron chi connectivity index (χ4n) is 11.3. The van der Waals surface area contributed by atoms with Gasteiger partial charge in [0, 0.05) is 6.54 Å². The van der Waals surface area contributed by atoms with Gasteiger partial charge in [-0.3, -0.25) is 0 Å². The van der Waals surface area contributed by atoms with E-state index in [1.165, 1.54) is 31.7 Å². The summed E-state index contributed by atoms with van der Waals surface area (Å²) in [5, 5.41) is 27.0. The molecule has 2 aromatic carbocycles. The predicted molar refractivity (Wildman–Crippen MR) is 178 cm³/mol. The Morgan fingerprint density at radius 3 is 2.42 bits per heavy atom. The van der Waals surface area contributed by atoms with Gasteiger partial charge in [-0.25, -0.2) is 17.9 Å². The number of carbonyl (C=O) groups excluding carboxylic acids is 1. The van der Waals surface area contributed by atoms with Crippen LogP contribution in [0, 0.1) is 52.3 Å². The van der Waals surface area contributed by atoms with E-state index in [4.69, 9.17) is 0 Å². The molecule has 7 nitrogen and oxygen atoms in total. The Morgan fingerprint density at radius 2 is 1.67 bits per heavy atom. The Bertz CT molecular complexity index is 1500. The zero-order chi connectivity index (χ0) is 32.1. The summed E-state index contributed by atoms with van der Waals surface area (Å²) in [7, 11) is -3.97. The summed E-state index contributed by atoms with van der Waals surface area (Å²) < 4.78 is 27.9. The first kappa shape index (κ1) is 32.8. The molecule has 2 aromatic rings. The largest absolute Gasteiger partial charge is 0.393 e. The Hall–Kier alpha value is -2.16. The second-order valence-electron chi connectivity index (χ2n) is 15.6. The number of hydrogen-bond acceptors (Lipinski definition) is 5. The number of urea groups is 1. The molecule has 7 unspecified atom stereocenters. The lowest BCUT2D eigenvalue weighted by molar-refractivity contribution is -0.203. The van der Waals surface area contributed by atoms with Crippen molar-refractivity contribution < 1.29 is 23.4 Å². The molecule has 4 saturated carbocycles. The minimum atomic E-state index is -3.97. The van der Waals surface area contributed by atoms with E-state index in [-0.39, 0.29) is 33.9 Å². The topological polar surface area (TPSA) is 116 Å². The van der Waals surface area contributed by atoms with E-state index in [1.54, 1.807) is 12.1 Å². The van der Waals surface area contributed by atoms with Crippen molar-refractivity contribution in [3.05, 3.63) is 42.5 Å². The zero-order valence-electron chi connectivity index (χ0n) is 27.5. The highest BCUT2D eigenvalue weighted by molar-refractivity contribution is 7.90. The fourth-order valence-corrected chi connectivity index (χ4v) is 12.3. The van der Waals surface area contributed by atoms with Gasteiger partial charge in [0.15, 0.2) is 0 Å². The van der Waals surface area contributed by atoms with Crippen LogP contribution in [0.15, 0.2) is 47.4 Å². The van der Waals surface area contributed by atoms with Gasteiger partial charge in [-0.15, -0.1) is 0 Å². The number of nitrogens with one attached hydrogen (secondary N) is 2. The van der Waals surface area contributed by atoms with E-state index in [9.17, 15) is 23.4 Å². The van der Waals surface area contributed by atoms with Crippen LogP contribution < -0.4 is 10.0 Å². The molecule has 6 rings (SSSR count). The molecule has 4 aliphatic rings. The van der Waals surface area contributed by atoms with Crippen molar-refractivity contribution in [3.63, 3.8) is 0 Å². The lowest BCUT2D eigenvalue weighted by Gasteiger charge is -2.64. The first-order valence-corrected chi connectivity index (χ1v) is 19.0. The molecule has 45 heavy (non-hydrogen) atoms. The number of aliphatic hydroxyl groups excluding tert-OH is 2. The summed E-state index contributed by atoms with van der Waals surface area (Å²) in [4.78, 5) is 12.6. The highest BCUT2D eigenvalue weighted by Crippen LogP contribution is 2.69. The summed E-state index contributed by atoms with van der Waals surface area (Å²) in [6.45, 7) is 9.98. The van der Waals surface area contributed by atoms with Crippen molar-refractivity contribution in [2.45, 2.75) is 109 Å². The SMILES string of the molecule is CCC1C2C[C@H](O)CCC2(C)C2CCC3(C)C(CC[C@H]3[C@H](C)CCCNC(=O)NS(=O)(=O)c3ccc4ccccc4c3)C2[C@@H]1O. The summed E-state index contributed by atoms with van der Waals surface area (Å²) >= 11 is 0. The molecule has 0 aromatic heterocycles. The second-order valence-corrected chi connectivity index (χ2v) is 17.3. The number of rotatable bonds is 8. The average Bonchev–Trinajstić information content (AvgIpc) is 3.37. The first-order chi connectivity index (χ1) is 21.4. The maximum absolute atomic E-state index is 12.8. The number of carbonyl (C=O) groups is 1. The standard InChI is InChI=1S/C37H54N2O5S/c1-5-28-32-22-26(40)16-18-37(32,4)31-17-19-36(3)29(14-15-30(36)33(31)34(28)41)23(2)9-8-20-38-35(42)39-45(43,44)27-13-12-24-10-6-7-11-25(24)21-27/h6-7,10-13,21,23,26,28-34,40-41H,5,8-9,14-20,22H2,1-4H3,(H2,38,39,42)/t23-,26-,28?,29+,30?,31?,32?,33?,34-,36?,37?/m1/s1. The van der Waals surface area contributed by atoms with Gasteiger partial charge < -0.3 is 15.5 Å². The van der Waals surface area contributed by atoms with Gasteiger partial charge >= 0.3 is 6.03 Å².